The molecule has 4 heterocycles. The van der Waals surface area contributed by atoms with Gasteiger partial charge >= 0.3 is 6.18 Å². The molecule has 6 rings (SSSR count). The second-order valence-corrected chi connectivity index (χ2v) is 11.1. The topological polar surface area (TPSA) is 85.0 Å². The van der Waals surface area contributed by atoms with Gasteiger partial charge in [0.15, 0.2) is 18.0 Å². The molecular weight excluding hydrogens is 609 g/mol. The number of ether oxygens (including phenoxy) is 1. The van der Waals surface area contributed by atoms with Crippen molar-refractivity contribution >= 4 is 28.8 Å². The Balaban J connectivity index is 1.16. The van der Waals surface area contributed by atoms with E-state index in [0.717, 1.165) is 23.5 Å². The van der Waals surface area contributed by atoms with Gasteiger partial charge in [-0.25, -0.2) is 9.67 Å². The van der Waals surface area contributed by atoms with Gasteiger partial charge in [-0.3, -0.25) is 14.0 Å². The summed E-state index contributed by atoms with van der Waals surface area (Å²) in [5, 5.41) is 5.23. The standard InChI is InChI=1S/C32H28ClF3N6O3/c1-20-16-26(38-42(20)25-9-4-7-23(33)18-25)29-21(2)37-30-27(10-5-11-41(30)31(29)44)45-19-28(43)40-14-12-39(13-15-40)24-8-3-6-22(17-24)32(34,35)36/h3-11,16-18H,12-15,19H2,1-2H3. The van der Waals surface area contributed by atoms with Crippen LogP contribution in [-0.2, 0) is 11.0 Å². The zero-order valence-corrected chi connectivity index (χ0v) is 25.1. The summed E-state index contributed by atoms with van der Waals surface area (Å²) in [6.45, 7) is 4.73. The number of piperazine rings is 1. The molecule has 13 heteroatoms. The predicted molar refractivity (Wildman–Crippen MR) is 164 cm³/mol. The summed E-state index contributed by atoms with van der Waals surface area (Å²) in [6.07, 6.45) is -2.84. The minimum Gasteiger partial charge on any atom is -0.480 e. The van der Waals surface area contributed by atoms with E-state index < -0.39 is 11.7 Å². The smallest absolute Gasteiger partial charge is 0.416 e. The second kappa shape index (κ2) is 11.9. The lowest BCUT2D eigenvalue weighted by Gasteiger charge is -2.36. The molecule has 1 saturated heterocycles. The van der Waals surface area contributed by atoms with Crippen molar-refractivity contribution in [2.24, 2.45) is 0 Å². The van der Waals surface area contributed by atoms with Crippen molar-refractivity contribution in [3.63, 3.8) is 0 Å². The Bertz CT molecular complexity index is 1960. The van der Waals surface area contributed by atoms with Crippen LogP contribution in [0.4, 0.5) is 18.9 Å². The lowest BCUT2D eigenvalue weighted by atomic mass is 10.1. The molecule has 1 aliphatic heterocycles. The molecule has 45 heavy (non-hydrogen) atoms. The predicted octanol–water partition coefficient (Wildman–Crippen LogP) is 5.56. The Hall–Kier alpha value is -4.84. The van der Waals surface area contributed by atoms with E-state index in [1.54, 1.807) is 53.0 Å². The van der Waals surface area contributed by atoms with Crippen LogP contribution in [0.15, 0.2) is 77.7 Å². The molecule has 0 saturated carbocycles. The molecule has 1 aliphatic rings. The number of anilines is 1. The maximum Gasteiger partial charge on any atom is 0.416 e. The number of halogens is 4. The summed E-state index contributed by atoms with van der Waals surface area (Å²) in [5.41, 5.74) is 2.49. The minimum atomic E-state index is -4.42. The first-order chi connectivity index (χ1) is 21.5. The van der Waals surface area contributed by atoms with Crippen LogP contribution in [0.3, 0.4) is 0 Å². The van der Waals surface area contributed by atoms with Gasteiger partial charge in [-0.05, 0) is 68.4 Å². The molecule has 5 aromatic rings. The molecule has 0 bridgehead atoms. The molecule has 0 spiro atoms. The largest absolute Gasteiger partial charge is 0.480 e. The highest BCUT2D eigenvalue weighted by atomic mass is 35.5. The molecule has 0 N–H and O–H groups in total. The van der Waals surface area contributed by atoms with Crippen LogP contribution in [0.1, 0.15) is 17.0 Å². The third-order valence-corrected chi connectivity index (χ3v) is 7.95. The summed E-state index contributed by atoms with van der Waals surface area (Å²) in [4.78, 5) is 34.8. The third kappa shape index (κ3) is 6.10. The Labute approximate surface area is 261 Å². The number of aromatic nitrogens is 4. The number of aryl methyl sites for hydroxylation is 2. The summed E-state index contributed by atoms with van der Waals surface area (Å²) in [7, 11) is 0. The monoisotopic (exact) mass is 636 g/mol. The SMILES string of the molecule is Cc1nc2c(OCC(=O)N3CCN(c4cccc(C(F)(F)F)c4)CC3)cccn2c(=O)c1-c1cc(C)n(-c2cccc(Cl)c2)n1. The molecule has 2 aromatic carbocycles. The van der Waals surface area contributed by atoms with Crippen molar-refractivity contribution in [1.29, 1.82) is 0 Å². The van der Waals surface area contributed by atoms with Crippen LogP contribution < -0.4 is 15.2 Å². The van der Waals surface area contributed by atoms with Crippen molar-refractivity contribution < 1.29 is 22.7 Å². The first-order valence-electron chi connectivity index (χ1n) is 14.2. The quantitative estimate of drug-likeness (QED) is 0.243. The van der Waals surface area contributed by atoms with E-state index in [-0.39, 0.29) is 29.5 Å². The number of nitrogens with zero attached hydrogens (tertiary/aromatic N) is 6. The molecular formula is C32H28ClF3N6O3. The number of rotatable bonds is 6. The van der Waals surface area contributed by atoms with Gasteiger partial charge in [0.2, 0.25) is 0 Å². The highest BCUT2D eigenvalue weighted by Gasteiger charge is 2.31. The second-order valence-electron chi connectivity index (χ2n) is 10.7. The highest BCUT2D eigenvalue weighted by Crippen LogP contribution is 2.32. The zero-order chi connectivity index (χ0) is 31.9. The van der Waals surface area contributed by atoms with Gasteiger partial charge in [-0.2, -0.15) is 18.3 Å². The van der Waals surface area contributed by atoms with E-state index in [0.29, 0.717) is 53.8 Å². The average molecular weight is 637 g/mol. The number of fused-ring (bicyclic) bond motifs is 1. The molecule has 0 atom stereocenters. The lowest BCUT2D eigenvalue weighted by molar-refractivity contribution is -0.137. The van der Waals surface area contributed by atoms with Gasteiger partial charge in [-0.1, -0.05) is 23.7 Å². The van der Waals surface area contributed by atoms with E-state index in [1.165, 1.54) is 10.5 Å². The van der Waals surface area contributed by atoms with Gasteiger partial charge in [0, 0.05) is 48.8 Å². The van der Waals surface area contributed by atoms with Gasteiger partial charge < -0.3 is 14.5 Å². The lowest BCUT2D eigenvalue weighted by Crippen LogP contribution is -2.50. The van der Waals surface area contributed by atoms with Crippen LogP contribution in [-0.4, -0.2) is 62.8 Å². The van der Waals surface area contributed by atoms with Crippen molar-refractivity contribution in [3.05, 3.63) is 105 Å². The number of alkyl halides is 3. The number of pyridine rings is 1. The number of hydrogen-bond donors (Lipinski definition) is 0. The fourth-order valence-electron chi connectivity index (χ4n) is 5.44. The number of carbonyl (C=O) groups excluding carboxylic acids is 1. The zero-order valence-electron chi connectivity index (χ0n) is 24.4. The molecule has 232 valence electrons. The van der Waals surface area contributed by atoms with Crippen molar-refractivity contribution in [3.8, 4) is 22.7 Å². The highest BCUT2D eigenvalue weighted by molar-refractivity contribution is 6.30. The first-order valence-corrected chi connectivity index (χ1v) is 14.5. The van der Waals surface area contributed by atoms with Crippen molar-refractivity contribution in [2.45, 2.75) is 20.0 Å². The average Bonchev–Trinajstić information content (AvgIpc) is 3.40. The number of benzene rings is 2. The van der Waals surface area contributed by atoms with Crippen LogP contribution in [0.5, 0.6) is 5.75 Å². The molecule has 9 nitrogen and oxygen atoms in total. The van der Waals surface area contributed by atoms with Crippen LogP contribution >= 0.6 is 11.6 Å². The maximum absolute atomic E-state index is 13.7. The van der Waals surface area contributed by atoms with E-state index in [4.69, 9.17) is 16.3 Å². The Morgan fingerprint density at radius 2 is 1.69 bits per heavy atom. The van der Waals surface area contributed by atoms with Crippen molar-refractivity contribution in [2.75, 3.05) is 37.7 Å². The number of amides is 1. The Morgan fingerprint density at radius 1 is 0.956 bits per heavy atom. The third-order valence-electron chi connectivity index (χ3n) is 7.72. The van der Waals surface area contributed by atoms with Gasteiger partial charge in [0.05, 0.1) is 22.5 Å². The molecule has 0 aliphatic carbocycles. The Morgan fingerprint density at radius 3 is 2.42 bits per heavy atom. The fourth-order valence-corrected chi connectivity index (χ4v) is 5.62. The fraction of sp³-hybridized carbons (Fsp3) is 0.250. The van der Waals surface area contributed by atoms with Gasteiger partial charge in [0.1, 0.15) is 5.69 Å². The minimum absolute atomic E-state index is 0.261. The van der Waals surface area contributed by atoms with Gasteiger partial charge in [0.25, 0.3) is 11.5 Å². The summed E-state index contributed by atoms with van der Waals surface area (Å²) < 4.78 is 48.3. The molecule has 3 aromatic heterocycles. The molecule has 0 unspecified atom stereocenters. The van der Waals surface area contributed by atoms with Crippen LogP contribution in [0.25, 0.3) is 22.6 Å². The van der Waals surface area contributed by atoms with Crippen LogP contribution in [0.2, 0.25) is 5.02 Å². The summed E-state index contributed by atoms with van der Waals surface area (Å²) >= 11 is 6.16. The van der Waals surface area contributed by atoms with E-state index in [1.807, 2.05) is 30.0 Å². The van der Waals surface area contributed by atoms with E-state index >= 15 is 0 Å². The maximum atomic E-state index is 13.7. The number of carbonyl (C=O) groups is 1. The molecule has 0 radical (unpaired) electrons. The molecule has 1 fully saturated rings. The normalized spacial score (nSPS) is 13.8. The van der Waals surface area contributed by atoms with E-state index in [9.17, 15) is 22.8 Å². The Kier molecular flexibility index (Phi) is 8.00. The number of hydrogen-bond acceptors (Lipinski definition) is 6. The summed E-state index contributed by atoms with van der Waals surface area (Å²) in [6, 6.07) is 17.5. The van der Waals surface area contributed by atoms with Gasteiger partial charge in [-0.15, -0.1) is 0 Å². The van der Waals surface area contributed by atoms with Crippen molar-refractivity contribution in [1.82, 2.24) is 24.1 Å². The van der Waals surface area contributed by atoms with E-state index in [2.05, 4.69) is 10.1 Å². The van der Waals surface area contributed by atoms with Crippen LogP contribution in [0, 0.1) is 13.8 Å². The first kappa shape index (κ1) is 30.2. The molecule has 1 amide bonds. The summed E-state index contributed by atoms with van der Waals surface area (Å²) in [5.74, 6) is -0.0146.